The molecule has 0 fully saturated rings. The molecule has 0 aliphatic rings. The van der Waals surface area contributed by atoms with E-state index >= 15 is 0 Å². The van der Waals surface area contributed by atoms with Crippen LogP contribution in [-0.2, 0) is 16.5 Å². The molecule has 0 aliphatic heterocycles. The Bertz CT molecular complexity index is 522. The van der Waals surface area contributed by atoms with Crippen LogP contribution < -0.4 is 9.47 Å². The number of hydrogen-bond acceptors (Lipinski definition) is 4. The summed E-state index contributed by atoms with van der Waals surface area (Å²) in [7, 11) is -0.692. The number of benzene rings is 1. The van der Waals surface area contributed by atoms with Gasteiger partial charge in [0.1, 0.15) is 0 Å². The molecule has 0 saturated carbocycles. The quantitative estimate of drug-likeness (QED) is 0.615. The Morgan fingerprint density at radius 3 is 2.21 bits per heavy atom. The van der Waals surface area contributed by atoms with Crippen molar-refractivity contribution < 1.29 is 22.4 Å². The van der Waals surface area contributed by atoms with Crippen LogP contribution in [0.15, 0.2) is 12.1 Å². The van der Waals surface area contributed by atoms with E-state index in [1.807, 2.05) is 19.1 Å². The van der Waals surface area contributed by atoms with E-state index in [2.05, 4.69) is 0 Å². The fraction of sp³-hybridized carbons (Fsp3) is 0.538. The Kier molecular flexibility index (Phi) is 5.62. The summed E-state index contributed by atoms with van der Waals surface area (Å²) in [5.74, 6) is 1.15. The number of ether oxygens (including phenoxy) is 2. The van der Waals surface area contributed by atoms with Crippen LogP contribution in [0.5, 0.6) is 11.5 Å². The van der Waals surface area contributed by atoms with Crippen LogP contribution in [0, 0.1) is 6.92 Å². The van der Waals surface area contributed by atoms with Crippen molar-refractivity contribution in [1.82, 2.24) is 0 Å². The Balaban J connectivity index is 2.68. The third-order valence-electron chi connectivity index (χ3n) is 2.94. The minimum atomic E-state index is -3.86. The van der Waals surface area contributed by atoms with E-state index < -0.39 is 10.1 Å². The highest BCUT2D eigenvalue weighted by Gasteiger charge is 2.09. The van der Waals surface area contributed by atoms with Gasteiger partial charge < -0.3 is 9.47 Å². The van der Waals surface area contributed by atoms with E-state index in [9.17, 15) is 8.42 Å². The molecule has 0 bridgehead atoms. The monoisotopic (exact) mass is 288 g/mol. The molecule has 6 heteroatoms. The number of rotatable bonds is 7. The lowest BCUT2D eigenvalue weighted by atomic mass is 10.0. The van der Waals surface area contributed by atoms with Crippen molar-refractivity contribution in [3.8, 4) is 11.5 Å². The summed E-state index contributed by atoms with van der Waals surface area (Å²) in [6, 6.07) is 3.80. The van der Waals surface area contributed by atoms with Crippen molar-refractivity contribution in [1.29, 1.82) is 0 Å². The van der Waals surface area contributed by atoms with E-state index in [4.69, 9.17) is 14.0 Å². The highest BCUT2D eigenvalue weighted by Crippen LogP contribution is 2.30. The van der Waals surface area contributed by atoms with E-state index in [0.29, 0.717) is 24.3 Å². The Hall–Kier alpha value is -1.27. The van der Waals surface area contributed by atoms with Crippen molar-refractivity contribution in [3.05, 3.63) is 23.3 Å². The summed E-state index contributed by atoms with van der Waals surface area (Å²) in [6.07, 6.45) is 1.87. The summed E-state index contributed by atoms with van der Waals surface area (Å²) in [4.78, 5) is 0. The average molecular weight is 288 g/mol. The largest absolute Gasteiger partial charge is 0.493 e. The zero-order valence-corrected chi connectivity index (χ0v) is 12.3. The highest BCUT2D eigenvalue weighted by molar-refractivity contribution is 7.85. The van der Waals surface area contributed by atoms with Gasteiger partial charge >= 0.3 is 0 Å². The van der Waals surface area contributed by atoms with Crippen LogP contribution in [0.4, 0.5) is 0 Å². The lowest BCUT2D eigenvalue weighted by Crippen LogP contribution is -2.04. The summed E-state index contributed by atoms with van der Waals surface area (Å²) in [6.45, 7) is 1.97. The van der Waals surface area contributed by atoms with Crippen molar-refractivity contribution in [2.75, 3.05) is 20.0 Å². The van der Waals surface area contributed by atoms with Gasteiger partial charge in [-0.05, 0) is 49.4 Å². The van der Waals surface area contributed by atoms with Crippen LogP contribution in [0.1, 0.15) is 24.0 Å². The van der Waals surface area contributed by atoms with Crippen molar-refractivity contribution in [3.63, 3.8) is 0 Å². The third-order valence-corrected chi connectivity index (χ3v) is 3.75. The lowest BCUT2D eigenvalue weighted by molar-refractivity contribution is 0.354. The molecule has 0 atom stereocenters. The topological polar surface area (TPSA) is 72.8 Å². The normalized spacial score (nSPS) is 11.4. The second-order valence-corrected chi connectivity index (χ2v) is 5.95. The Morgan fingerprint density at radius 2 is 1.68 bits per heavy atom. The molecule has 0 aliphatic carbocycles. The molecule has 19 heavy (non-hydrogen) atoms. The molecule has 0 spiro atoms. The van der Waals surface area contributed by atoms with Gasteiger partial charge in [-0.1, -0.05) is 0 Å². The molecule has 1 aromatic carbocycles. The molecule has 0 amide bonds. The van der Waals surface area contributed by atoms with Gasteiger partial charge in [0.25, 0.3) is 10.1 Å². The zero-order chi connectivity index (χ0) is 14.5. The number of aryl methyl sites for hydroxylation is 2. The first-order chi connectivity index (χ1) is 8.87. The molecule has 0 aromatic heterocycles. The number of methoxy groups -OCH3 is 2. The minimum absolute atomic E-state index is 0.195. The summed E-state index contributed by atoms with van der Waals surface area (Å²) in [5, 5.41) is 0. The van der Waals surface area contributed by atoms with Crippen LogP contribution in [-0.4, -0.2) is 32.9 Å². The van der Waals surface area contributed by atoms with Gasteiger partial charge in [-0.15, -0.1) is 0 Å². The van der Waals surface area contributed by atoms with Gasteiger partial charge in [0.05, 0.1) is 20.0 Å². The van der Waals surface area contributed by atoms with Crippen LogP contribution in [0.25, 0.3) is 0 Å². The van der Waals surface area contributed by atoms with E-state index in [1.54, 1.807) is 14.2 Å². The molecular weight excluding hydrogens is 268 g/mol. The van der Waals surface area contributed by atoms with Gasteiger partial charge in [0.15, 0.2) is 11.5 Å². The molecule has 5 nitrogen and oxygen atoms in total. The van der Waals surface area contributed by atoms with Gasteiger partial charge in [0, 0.05) is 0 Å². The number of unbranched alkanes of at least 4 members (excludes halogenated alkanes) is 1. The molecule has 0 unspecified atom stereocenters. The van der Waals surface area contributed by atoms with Crippen LogP contribution in [0.2, 0.25) is 0 Å². The minimum Gasteiger partial charge on any atom is -0.493 e. The standard InChI is InChI=1S/C13H20O5S/c1-10-8-12(17-2)13(18-3)9-11(10)6-4-5-7-19(14,15)16/h8-9H,4-7H2,1-3H3,(H,14,15,16). The fourth-order valence-corrected chi connectivity index (χ4v) is 2.46. The molecule has 108 valence electrons. The smallest absolute Gasteiger partial charge is 0.264 e. The number of hydrogen-bond donors (Lipinski definition) is 1. The third kappa shape index (κ3) is 5.08. The van der Waals surface area contributed by atoms with Crippen LogP contribution >= 0.6 is 0 Å². The van der Waals surface area contributed by atoms with Crippen molar-refractivity contribution >= 4 is 10.1 Å². The predicted molar refractivity (Wildman–Crippen MR) is 73.6 cm³/mol. The Labute approximate surface area is 114 Å². The lowest BCUT2D eigenvalue weighted by Gasteiger charge is -2.12. The van der Waals surface area contributed by atoms with E-state index in [0.717, 1.165) is 17.5 Å². The van der Waals surface area contributed by atoms with Crippen molar-refractivity contribution in [2.45, 2.75) is 26.2 Å². The maximum absolute atomic E-state index is 10.6. The zero-order valence-electron chi connectivity index (χ0n) is 11.5. The van der Waals surface area contributed by atoms with E-state index in [-0.39, 0.29) is 5.75 Å². The summed E-state index contributed by atoms with van der Waals surface area (Å²) in [5.41, 5.74) is 2.16. The SMILES string of the molecule is COc1cc(C)c(CCCCS(=O)(=O)O)cc1OC. The second kappa shape index (κ2) is 6.77. The first-order valence-corrected chi connectivity index (χ1v) is 7.65. The van der Waals surface area contributed by atoms with E-state index in [1.165, 1.54) is 0 Å². The maximum Gasteiger partial charge on any atom is 0.264 e. The molecule has 1 aromatic rings. The Morgan fingerprint density at radius 1 is 1.11 bits per heavy atom. The van der Waals surface area contributed by atoms with Gasteiger partial charge in [-0.25, -0.2) is 0 Å². The molecule has 1 N–H and O–H groups in total. The molecule has 0 heterocycles. The maximum atomic E-state index is 10.6. The fourth-order valence-electron chi connectivity index (χ4n) is 1.89. The average Bonchev–Trinajstić information content (AvgIpc) is 2.34. The highest BCUT2D eigenvalue weighted by atomic mass is 32.2. The molecule has 1 rings (SSSR count). The molecule has 0 radical (unpaired) electrons. The predicted octanol–water partition coefficient (Wildman–Crippen LogP) is 2.22. The summed E-state index contributed by atoms with van der Waals surface area (Å²) >= 11 is 0. The second-order valence-electron chi connectivity index (χ2n) is 4.38. The first kappa shape index (κ1) is 15.8. The summed E-state index contributed by atoms with van der Waals surface area (Å²) < 4.78 is 40.3. The van der Waals surface area contributed by atoms with Crippen molar-refractivity contribution in [2.24, 2.45) is 0 Å². The molecular formula is C13H20O5S. The van der Waals surface area contributed by atoms with Gasteiger partial charge in [-0.3, -0.25) is 4.55 Å². The van der Waals surface area contributed by atoms with Gasteiger partial charge in [0.2, 0.25) is 0 Å². The first-order valence-electron chi connectivity index (χ1n) is 6.04. The van der Waals surface area contributed by atoms with Crippen LogP contribution in [0.3, 0.4) is 0 Å². The molecule has 0 saturated heterocycles. The van der Waals surface area contributed by atoms with Gasteiger partial charge in [-0.2, -0.15) is 8.42 Å².